The van der Waals surface area contributed by atoms with Gasteiger partial charge in [0.2, 0.25) is 0 Å². The van der Waals surface area contributed by atoms with Crippen LogP contribution in [0.3, 0.4) is 0 Å². The van der Waals surface area contributed by atoms with Gasteiger partial charge >= 0.3 is 5.97 Å². The van der Waals surface area contributed by atoms with E-state index < -0.39 is 17.5 Å². The molecule has 1 heterocycles. The second-order valence-corrected chi connectivity index (χ2v) is 4.13. The minimum Gasteiger partial charge on any atom is -0.479 e. The summed E-state index contributed by atoms with van der Waals surface area (Å²) in [6, 6.07) is 5.35. The summed E-state index contributed by atoms with van der Waals surface area (Å²) in [6.45, 7) is 5.15. The number of aliphatic carboxylic acids is 1. The Bertz CT molecular complexity index is 374. The first-order valence-corrected chi connectivity index (χ1v) is 4.70. The van der Waals surface area contributed by atoms with Gasteiger partial charge in [-0.25, -0.2) is 4.79 Å². The first-order chi connectivity index (χ1) is 6.85. The number of hydrogen-bond donors (Lipinski definition) is 2. The Hall–Kier alpha value is -1.42. The molecule has 0 aliphatic rings. The highest BCUT2D eigenvalue weighted by Gasteiger charge is 2.36. The van der Waals surface area contributed by atoms with Gasteiger partial charge in [0.15, 0.2) is 6.10 Å². The van der Waals surface area contributed by atoms with E-state index in [0.717, 1.165) is 5.69 Å². The van der Waals surface area contributed by atoms with E-state index in [2.05, 4.69) is 4.98 Å². The summed E-state index contributed by atoms with van der Waals surface area (Å²) in [4.78, 5) is 15.0. The van der Waals surface area contributed by atoms with Crippen LogP contribution in [0.1, 0.15) is 25.2 Å². The molecule has 0 aliphatic heterocycles. The lowest BCUT2D eigenvalue weighted by molar-refractivity contribution is -0.150. The van der Waals surface area contributed by atoms with Gasteiger partial charge < -0.3 is 10.2 Å². The monoisotopic (exact) mass is 209 g/mol. The van der Waals surface area contributed by atoms with Crippen LogP contribution in [0.4, 0.5) is 0 Å². The standard InChI is InChI=1S/C11H15NO3/c1-7-5-4-6-8(12-7)11(2,3)9(13)10(14)15/h4-6,9,13H,1-3H3,(H,14,15). The number of carboxylic acids is 1. The van der Waals surface area contributed by atoms with Gasteiger partial charge in [-0.15, -0.1) is 0 Å². The summed E-state index contributed by atoms with van der Waals surface area (Å²) < 4.78 is 0. The van der Waals surface area contributed by atoms with Crippen molar-refractivity contribution in [3.05, 3.63) is 29.6 Å². The van der Waals surface area contributed by atoms with Crippen LogP contribution >= 0.6 is 0 Å². The predicted octanol–water partition coefficient (Wildman–Crippen LogP) is 1.11. The van der Waals surface area contributed by atoms with Crippen LogP contribution in [0.2, 0.25) is 0 Å². The van der Waals surface area contributed by atoms with Crippen LogP contribution in [0.5, 0.6) is 0 Å². The van der Waals surface area contributed by atoms with Gasteiger partial charge in [-0.2, -0.15) is 0 Å². The SMILES string of the molecule is Cc1cccc(C(C)(C)C(O)C(=O)O)n1. The second kappa shape index (κ2) is 3.98. The number of hydrogen-bond acceptors (Lipinski definition) is 3. The van der Waals surface area contributed by atoms with Crippen molar-refractivity contribution in [1.82, 2.24) is 4.98 Å². The number of aliphatic hydroxyl groups excluding tert-OH is 1. The average molecular weight is 209 g/mol. The lowest BCUT2D eigenvalue weighted by Gasteiger charge is -2.27. The highest BCUT2D eigenvalue weighted by Crippen LogP contribution is 2.25. The predicted molar refractivity (Wildman–Crippen MR) is 55.6 cm³/mol. The minimum atomic E-state index is -1.45. The topological polar surface area (TPSA) is 70.4 Å². The Morgan fingerprint density at radius 1 is 1.47 bits per heavy atom. The molecular formula is C11H15NO3. The zero-order valence-corrected chi connectivity index (χ0v) is 9.06. The molecule has 0 radical (unpaired) electrons. The average Bonchev–Trinajstić information content (AvgIpc) is 2.16. The van der Waals surface area contributed by atoms with Crippen LogP contribution in [0, 0.1) is 6.92 Å². The number of carbonyl (C=O) groups is 1. The molecular weight excluding hydrogens is 194 g/mol. The van der Waals surface area contributed by atoms with Crippen molar-refractivity contribution in [1.29, 1.82) is 0 Å². The van der Waals surface area contributed by atoms with Crippen molar-refractivity contribution in [2.75, 3.05) is 0 Å². The van der Waals surface area contributed by atoms with Crippen molar-refractivity contribution < 1.29 is 15.0 Å². The van der Waals surface area contributed by atoms with E-state index >= 15 is 0 Å². The van der Waals surface area contributed by atoms with Gasteiger partial charge in [0.25, 0.3) is 0 Å². The van der Waals surface area contributed by atoms with Gasteiger partial charge in [0, 0.05) is 16.8 Å². The molecule has 0 fully saturated rings. The number of rotatable bonds is 3. The summed E-state index contributed by atoms with van der Waals surface area (Å²) in [5.41, 5.74) is 0.494. The Labute approximate surface area is 88.6 Å². The third-order valence-corrected chi connectivity index (χ3v) is 2.47. The number of nitrogens with zero attached hydrogens (tertiary/aromatic N) is 1. The van der Waals surface area contributed by atoms with E-state index in [1.165, 1.54) is 0 Å². The molecule has 4 nitrogen and oxygen atoms in total. The van der Waals surface area contributed by atoms with Crippen LogP contribution in [-0.4, -0.2) is 27.3 Å². The maximum absolute atomic E-state index is 10.7. The number of carboxylic acid groups (broad SMARTS) is 1. The highest BCUT2D eigenvalue weighted by atomic mass is 16.4. The van der Waals surface area contributed by atoms with Crippen molar-refractivity contribution in [2.45, 2.75) is 32.3 Å². The van der Waals surface area contributed by atoms with Crippen molar-refractivity contribution in [3.63, 3.8) is 0 Å². The molecule has 1 atom stereocenters. The third kappa shape index (κ3) is 2.33. The third-order valence-electron chi connectivity index (χ3n) is 2.47. The molecule has 0 bridgehead atoms. The Morgan fingerprint density at radius 3 is 2.53 bits per heavy atom. The normalized spacial score (nSPS) is 13.6. The first kappa shape index (κ1) is 11.7. The molecule has 15 heavy (non-hydrogen) atoms. The Morgan fingerprint density at radius 2 is 2.07 bits per heavy atom. The maximum atomic E-state index is 10.7. The molecule has 0 spiro atoms. The van der Waals surface area contributed by atoms with Gasteiger partial charge in [-0.1, -0.05) is 19.9 Å². The zero-order valence-electron chi connectivity index (χ0n) is 9.06. The second-order valence-electron chi connectivity index (χ2n) is 4.13. The van der Waals surface area contributed by atoms with E-state index in [1.807, 2.05) is 13.0 Å². The summed E-state index contributed by atoms with van der Waals surface area (Å²) in [5.74, 6) is -1.23. The zero-order chi connectivity index (χ0) is 11.6. The lowest BCUT2D eigenvalue weighted by Crippen LogP contribution is -2.40. The smallest absolute Gasteiger partial charge is 0.333 e. The largest absolute Gasteiger partial charge is 0.479 e. The number of aliphatic hydroxyl groups is 1. The molecule has 0 saturated carbocycles. The van der Waals surface area contributed by atoms with Gasteiger partial charge in [0.05, 0.1) is 0 Å². The van der Waals surface area contributed by atoms with E-state index in [9.17, 15) is 9.90 Å². The molecule has 0 aliphatic carbocycles. The number of aryl methyl sites for hydroxylation is 1. The number of aromatic nitrogens is 1. The minimum absolute atomic E-state index is 0.581. The fraction of sp³-hybridized carbons (Fsp3) is 0.455. The quantitative estimate of drug-likeness (QED) is 0.782. The van der Waals surface area contributed by atoms with Gasteiger partial charge in [-0.3, -0.25) is 4.98 Å². The molecule has 0 amide bonds. The summed E-state index contributed by atoms with van der Waals surface area (Å²) in [7, 11) is 0. The van der Waals surface area contributed by atoms with E-state index in [0.29, 0.717) is 5.69 Å². The van der Waals surface area contributed by atoms with Crippen molar-refractivity contribution >= 4 is 5.97 Å². The Kier molecular flexibility index (Phi) is 3.09. The molecule has 1 unspecified atom stereocenters. The molecule has 82 valence electrons. The van der Waals surface area contributed by atoms with Crippen LogP contribution in [-0.2, 0) is 10.2 Å². The lowest BCUT2D eigenvalue weighted by atomic mass is 9.82. The van der Waals surface area contributed by atoms with Crippen LogP contribution < -0.4 is 0 Å². The van der Waals surface area contributed by atoms with Gasteiger partial charge in [-0.05, 0) is 19.1 Å². The molecule has 0 saturated heterocycles. The highest BCUT2D eigenvalue weighted by molar-refractivity contribution is 5.74. The molecule has 1 aromatic heterocycles. The van der Waals surface area contributed by atoms with E-state index in [4.69, 9.17) is 5.11 Å². The maximum Gasteiger partial charge on any atom is 0.333 e. The van der Waals surface area contributed by atoms with Gasteiger partial charge in [0.1, 0.15) is 0 Å². The van der Waals surface area contributed by atoms with E-state index in [-0.39, 0.29) is 0 Å². The fourth-order valence-corrected chi connectivity index (χ4v) is 1.35. The summed E-state index contributed by atoms with van der Waals surface area (Å²) >= 11 is 0. The first-order valence-electron chi connectivity index (χ1n) is 4.70. The van der Waals surface area contributed by atoms with E-state index in [1.54, 1.807) is 26.0 Å². The molecule has 1 aromatic rings. The molecule has 1 rings (SSSR count). The van der Waals surface area contributed by atoms with Crippen LogP contribution in [0.25, 0.3) is 0 Å². The van der Waals surface area contributed by atoms with Crippen LogP contribution in [0.15, 0.2) is 18.2 Å². The molecule has 2 N–H and O–H groups in total. The number of pyridine rings is 1. The van der Waals surface area contributed by atoms with Crippen molar-refractivity contribution in [2.24, 2.45) is 0 Å². The van der Waals surface area contributed by atoms with Crippen molar-refractivity contribution in [3.8, 4) is 0 Å². The Balaban J connectivity index is 3.10. The molecule has 4 heteroatoms. The fourth-order valence-electron chi connectivity index (χ4n) is 1.35. The summed E-state index contributed by atoms with van der Waals surface area (Å²) in [6.07, 6.45) is -1.45. The summed E-state index contributed by atoms with van der Waals surface area (Å²) in [5, 5.41) is 18.3. The molecule has 0 aromatic carbocycles.